The fourth-order valence-corrected chi connectivity index (χ4v) is 11.4. The molecule has 0 bridgehead atoms. The lowest BCUT2D eigenvalue weighted by Crippen LogP contribution is -2.00. The number of hydrogen-bond donors (Lipinski definition) is 2. The molecular weight excluding hydrogens is 763 g/mol. The van der Waals surface area contributed by atoms with Crippen molar-refractivity contribution in [3.63, 3.8) is 0 Å². The van der Waals surface area contributed by atoms with E-state index in [1.165, 1.54) is 22.7 Å². The Morgan fingerprint density at radius 3 is 1.58 bits per heavy atom. The number of aromatic nitrogens is 3. The molecule has 0 saturated heterocycles. The first-order valence-electron chi connectivity index (χ1n) is 15.3. The molecule has 0 aliphatic heterocycles. The van der Waals surface area contributed by atoms with Gasteiger partial charge in [-0.25, -0.2) is 15.0 Å². The van der Waals surface area contributed by atoms with Gasteiger partial charge >= 0.3 is 0 Å². The fraction of sp³-hybridized carbons (Fsp3) is 0.0571. The minimum absolute atomic E-state index is 0.127. The predicted molar refractivity (Wildman–Crippen MR) is 203 cm³/mol. The van der Waals surface area contributed by atoms with Gasteiger partial charge in [-0.2, -0.15) is 16.8 Å². The minimum Gasteiger partial charge on any atom is -0.594 e. The Bertz CT molecular complexity index is 2990. The number of thiazole rings is 3. The van der Waals surface area contributed by atoms with E-state index in [0.29, 0.717) is 63.4 Å². The van der Waals surface area contributed by atoms with Gasteiger partial charge in [0.2, 0.25) is 5.69 Å². The number of benzene rings is 5. The van der Waals surface area contributed by atoms with E-state index in [-0.39, 0.29) is 9.79 Å². The zero-order valence-corrected chi connectivity index (χ0v) is 31.0. The molecule has 3 aromatic heterocycles. The van der Waals surface area contributed by atoms with Crippen LogP contribution in [0.25, 0.3) is 62.4 Å². The fourth-order valence-electron chi connectivity index (χ4n) is 5.77. The molecule has 0 aliphatic rings. The monoisotopic (exact) mass is 785 g/mol. The molecule has 0 fully saturated rings. The molecule has 8 aromatic rings. The van der Waals surface area contributed by atoms with Crippen LogP contribution in [0.1, 0.15) is 11.1 Å². The van der Waals surface area contributed by atoms with Crippen LogP contribution in [0.2, 0.25) is 0 Å². The highest BCUT2D eigenvalue weighted by Crippen LogP contribution is 2.39. The highest BCUT2D eigenvalue weighted by Gasteiger charge is 2.22. The van der Waals surface area contributed by atoms with Crippen molar-refractivity contribution in [1.29, 1.82) is 0 Å². The Morgan fingerprint density at radius 1 is 0.596 bits per heavy atom. The molecule has 0 radical (unpaired) electrons. The second kappa shape index (κ2) is 12.6. The number of nitrogens with zero attached hydrogens (tertiary/aromatic N) is 5. The summed E-state index contributed by atoms with van der Waals surface area (Å²) in [5.41, 5.74) is 5.59. The van der Waals surface area contributed by atoms with Crippen LogP contribution in [-0.2, 0) is 20.2 Å². The van der Waals surface area contributed by atoms with Crippen LogP contribution < -0.4 is 0 Å². The van der Waals surface area contributed by atoms with Crippen LogP contribution in [0.15, 0.2) is 106 Å². The molecule has 0 atom stereocenters. The van der Waals surface area contributed by atoms with E-state index in [2.05, 4.69) is 15.1 Å². The lowest BCUT2D eigenvalue weighted by atomic mass is 10.2. The number of fused-ring (bicyclic) bond motifs is 3. The summed E-state index contributed by atoms with van der Waals surface area (Å²) in [6, 6.07) is 26.0. The van der Waals surface area contributed by atoms with Crippen LogP contribution in [0, 0.1) is 19.1 Å². The molecule has 0 aliphatic carbocycles. The van der Waals surface area contributed by atoms with Gasteiger partial charge in [0.1, 0.15) is 30.5 Å². The summed E-state index contributed by atoms with van der Waals surface area (Å²) in [5, 5.41) is 19.0. The second-order valence-corrected chi connectivity index (χ2v) is 17.5. The maximum Gasteiger partial charge on any atom is 0.296 e. The van der Waals surface area contributed by atoms with Crippen LogP contribution in [0.4, 0.5) is 11.4 Å². The van der Waals surface area contributed by atoms with Gasteiger partial charge in [-0.15, -0.1) is 34.0 Å². The lowest BCUT2D eigenvalue weighted by Gasteiger charge is -2.02. The Hall–Kier alpha value is -5.01. The van der Waals surface area contributed by atoms with Crippen molar-refractivity contribution >= 4 is 96.3 Å². The summed E-state index contributed by atoms with van der Waals surface area (Å²) in [7, 11) is -8.86. The van der Waals surface area contributed by atoms with Crippen molar-refractivity contribution in [2.75, 3.05) is 0 Å². The van der Waals surface area contributed by atoms with Gasteiger partial charge in [-0.3, -0.25) is 9.11 Å². The van der Waals surface area contributed by atoms with Crippen LogP contribution >= 0.6 is 34.0 Å². The highest BCUT2D eigenvalue weighted by atomic mass is 32.2. The van der Waals surface area contributed by atoms with Crippen LogP contribution in [0.3, 0.4) is 0 Å². The maximum atomic E-state index is 13.0. The predicted octanol–water partition coefficient (Wildman–Crippen LogP) is 9.55. The van der Waals surface area contributed by atoms with Gasteiger partial charge in [0.25, 0.3) is 20.2 Å². The van der Waals surface area contributed by atoms with E-state index in [9.17, 15) is 31.1 Å². The zero-order valence-electron chi connectivity index (χ0n) is 26.9. The largest absolute Gasteiger partial charge is 0.594 e. The summed E-state index contributed by atoms with van der Waals surface area (Å²) in [6.45, 7) is 3.24. The number of aryl methyl sites for hydroxylation is 2. The molecule has 0 spiro atoms. The number of hydrogen-bond acceptors (Lipinski definition) is 12. The SMILES string of the molecule is Cc1ccc2nc(-c3ccc(N=[N+]([O-])c4ccc(-c5nc6ccc(-c7nc8ccc(C)c(S(=O)(=O)O)c8s7)cc6s5)cc4)cc3)sc2c1S(=O)(=O)O. The maximum absolute atomic E-state index is 13.0. The molecule has 5 aromatic carbocycles. The van der Waals surface area contributed by atoms with Gasteiger partial charge in [-0.05, 0) is 91.7 Å². The van der Waals surface area contributed by atoms with E-state index in [1.807, 2.05) is 18.2 Å². The van der Waals surface area contributed by atoms with Gasteiger partial charge in [-0.1, -0.05) is 17.0 Å². The molecule has 52 heavy (non-hydrogen) atoms. The Balaban J connectivity index is 1.02. The summed E-state index contributed by atoms with van der Waals surface area (Å²) < 4.78 is 69.3. The third-order valence-electron chi connectivity index (χ3n) is 8.22. The van der Waals surface area contributed by atoms with Gasteiger partial charge in [0.05, 0.1) is 30.6 Å². The average Bonchev–Trinajstić information content (AvgIpc) is 3.84. The van der Waals surface area contributed by atoms with E-state index in [0.717, 1.165) is 37.7 Å². The summed E-state index contributed by atoms with van der Waals surface area (Å²) in [5.74, 6) is 0. The van der Waals surface area contributed by atoms with Crippen molar-refractivity contribution < 1.29 is 30.8 Å². The van der Waals surface area contributed by atoms with Crippen molar-refractivity contribution in [2.45, 2.75) is 23.6 Å². The minimum atomic E-state index is -4.43. The Morgan fingerprint density at radius 2 is 1.04 bits per heavy atom. The lowest BCUT2D eigenvalue weighted by molar-refractivity contribution is -0.435. The van der Waals surface area contributed by atoms with Crippen LogP contribution in [0.5, 0.6) is 0 Å². The van der Waals surface area contributed by atoms with E-state index in [1.54, 1.807) is 86.6 Å². The topological polar surface area (TPSA) is 186 Å². The normalized spacial score (nSPS) is 12.7. The Kier molecular flexibility index (Phi) is 8.25. The van der Waals surface area contributed by atoms with Gasteiger partial charge in [0.15, 0.2) is 0 Å². The molecular formula is C35H23N5O7S5. The molecule has 260 valence electrons. The second-order valence-electron chi connectivity index (χ2n) is 11.8. The van der Waals surface area contributed by atoms with Crippen molar-refractivity contribution in [1.82, 2.24) is 15.0 Å². The molecule has 0 unspecified atom stereocenters. The quantitative estimate of drug-likeness (QED) is 0.0682. The molecule has 2 N–H and O–H groups in total. The Labute approximate surface area is 308 Å². The highest BCUT2D eigenvalue weighted by molar-refractivity contribution is 7.86. The summed E-state index contributed by atoms with van der Waals surface area (Å²) in [6.07, 6.45) is 0. The van der Waals surface area contributed by atoms with Crippen LogP contribution in [-0.4, -0.2) is 45.8 Å². The molecule has 8 rings (SSSR count). The smallest absolute Gasteiger partial charge is 0.296 e. The molecule has 17 heteroatoms. The van der Waals surface area contributed by atoms with Gasteiger partial charge in [0, 0.05) is 33.9 Å². The summed E-state index contributed by atoms with van der Waals surface area (Å²) in [4.78, 5) is 14.2. The third kappa shape index (κ3) is 6.25. The van der Waals surface area contributed by atoms with Crippen molar-refractivity contribution in [3.05, 3.63) is 107 Å². The summed E-state index contributed by atoms with van der Waals surface area (Å²) >= 11 is 3.81. The molecule has 12 nitrogen and oxygen atoms in total. The molecule has 0 saturated carbocycles. The third-order valence-corrected chi connectivity index (χ3v) is 13.9. The number of rotatable bonds is 7. The molecule has 3 heterocycles. The average molecular weight is 786 g/mol. The first-order valence-corrected chi connectivity index (χ1v) is 20.6. The van der Waals surface area contributed by atoms with E-state index >= 15 is 0 Å². The van der Waals surface area contributed by atoms with Crippen molar-refractivity contribution in [2.24, 2.45) is 5.11 Å². The van der Waals surface area contributed by atoms with E-state index < -0.39 is 20.2 Å². The molecule has 0 amide bonds. The zero-order chi connectivity index (χ0) is 36.5. The standard InChI is InChI=1S/C35H23N5O7S5/c1-18-3-14-26-29(31(18)51(42,43)44)49-34(37-26)20-5-10-23(11-6-20)39-40(41)24-12-7-21(8-13-24)33-36-25-16-9-22(17-28(25)48-33)35-38-27-15-4-19(2)32(30(27)50-35)52(45,46)47/h3-17H,1-2H3,(H,42,43,44)(H,45,46,47). The first-order chi connectivity index (χ1) is 24.7. The first kappa shape index (κ1) is 34.1. The van der Waals surface area contributed by atoms with E-state index in [4.69, 9.17) is 4.98 Å². The van der Waals surface area contributed by atoms with Gasteiger partial charge < -0.3 is 5.21 Å². The number of azo groups is 1. The van der Waals surface area contributed by atoms with Crippen molar-refractivity contribution in [3.8, 4) is 31.7 Å².